The van der Waals surface area contributed by atoms with Crippen molar-refractivity contribution in [2.75, 3.05) is 13.1 Å². The van der Waals surface area contributed by atoms with E-state index in [1.807, 2.05) is 6.07 Å². The Kier molecular flexibility index (Phi) is 4.13. The van der Waals surface area contributed by atoms with Gasteiger partial charge in [-0.3, -0.25) is 5.10 Å². The van der Waals surface area contributed by atoms with E-state index in [2.05, 4.69) is 36.3 Å². The van der Waals surface area contributed by atoms with Gasteiger partial charge in [0.15, 0.2) is 0 Å². The lowest BCUT2D eigenvalue weighted by Crippen LogP contribution is -2.30. The molecule has 0 unspecified atom stereocenters. The van der Waals surface area contributed by atoms with Crippen LogP contribution < -0.4 is 5.32 Å². The maximum atomic E-state index is 10.3. The van der Waals surface area contributed by atoms with Crippen molar-refractivity contribution in [1.82, 2.24) is 15.5 Å². The van der Waals surface area contributed by atoms with Crippen molar-refractivity contribution in [2.24, 2.45) is 5.41 Å². The molecule has 0 fully saturated rings. The molecule has 19 heavy (non-hydrogen) atoms. The van der Waals surface area contributed by atoms with E-state index >= 15 is 0 Å². The Hall–Kier alpha value is -1.10. The Morgan fingerprint density at radius 3 is 2.84 bits per heavy atom. The molecule has 1 aromatic carbocycles. The highest BCUT2D eigenvalue weighted by molar-refractivity contribution is 6.35. The molecule has 2 rings (SSSR count). The molecule has 1 heterocycles. The zero-order chi connectivity index (χ0) is 14.0. The van der Waals surface area contributed by atoms with Gasteiger partial charge in [-0.2, -0.15) is 5.10 Å². The third-order valence-electron chi connectivity index (χ3n) is 2.95. The molecular formula is C14H20ClN3O. The molecule has 3 N–H and O–H groups in total. The highest BCUT2D eigenvalue weighted by Crippen LogP contribution is 2.28. The lowest BCUT2D eigenvalue weighted by Gasteiger charge is -2.20. The average Bonchev–Trinajstić information content (AvgIpc) is 2.77. The zero-order valence-corrected chi connectivity index (χ0v) is 12.3. The van der Waals surface area contributed by atoms with Gasteiger partial charge >= 0.3 is 0 Å². The second-order valence-electron chi connectivity index (χ2n) is 6.00. The first-order chi connectivity index (χ1) is 8.88. The summed E-state index contributed by atoms with van der Waals surface area (Å²) in [6, 6.07) is 3.63. The van der Waals surface area contributed by atoms with Gasteiger partial charge in [-0.25, -0.2) is 0 Å². The van der Waals surface area contributed by atoms with Gasteiger partial charge in [0, 0.05) is 18.5 Å². The van der Waals surface area contributed by atoms with Gasteiger partial charge in [-0.1, -0.05) is 38.4 Å². The molecule has 0 bridgehead atoms. The summed E-state index contributed by atoms with van der Waals surface area (Å²) in [6.45, 7) is 7.83. The SMILES string of the molecule is CC(C)(C)CNC[C@H](O)c1ccc(Cl)c2[nH]ncc12. The minimum Gasteiger partial charge on any atom is -0.387 e. The number of rotatable bonds is 4. The van der Waals surface area contributed by atoms with Crippen molar-refractivity contribution in [2.45, 2.75) is 26.9 Å². The van der Waals surface area contributed by atoms with E-state index in [1.54, 1.807) is 12.3 Å². The van der Waals surface area contributed by atoms with Crippen LogP contribution in [0.25, 0.3) is 10.9 Å². The Balaban J connectivity index is 2.11. The van der Waals surface area contributed by atoms with E-state index in [1.165, 1.54) is 0 Å². The number of fused-ring (bicyclic) bond motifs is 1. The fourth-order valence-corrected chi connectivity index (χ4v) is 2.21. The number of aromatic nitrogens is 2. The normalized spacial score (nSPS) is 13.9. The van der Waals surface area contributed by atoms with Crippen molar-refractivity contribution in [3.63, 3.8) is 0 Å². The van der Waals surface area contributed by atoms with Crippen LogP contribution in [-0.4, -0.2) is 28.4 Å². The summed E-state index contributed by atoms with van der Waals surface area (Å²) >= 11 is 6.07. The highest BCUT2D eigenvalue weighted by atomic mass is 35.5. The number of nitrogens with one attached hydrogen (secondary N) is 2. The molecule has 0 saturated carbocycles. The van der Waals surface area contributed by atoms with Gasteiger partial charge in [-0.15, -0.1) is 0 Å². The standard InChI is InChI=1S/C14H20ClN3O/c1-14(2,3)8-16-7-12(19)9-4-5-11(15)13-10(9)6-17-18-13/h4-6,12,16,19H,7-8H2,1-3H3,(H,17,18)/t12-/m0/s1. The molecule has 0 spiro atoms. The van der Waals surface area contributed by atoms with E-state index in [0.29, 0.717) is 11.6 Å². The second kappa shape index (κ2) is 5.49. The van der Waals surface area contributed by atoms with Gasteiger partial charge in [0.1, 0.15) is 0 Å². The molecule has 0 saturated heterocycles. The first-order valence-corrected chi connectivity index (χ1v) is 6.76. The van der Waals surface area contributed by atoms with Crippen molar-refractivity contribution in [3.8, 4) is 0 Å². The summed E-state index contributed by atoms with van der Waals surface area (Å²) in [4.78, 5) is 0. The highest BCUT2D eigenvalue weighted by Gasteiger charge is 2.15. The summed E-state index contributed by atoms with van der Waals surface area (Å²) in [5, 5.41) is 21.9. The average molecular weight is 282 g/mol. The Morgan fingerprint density at radius 1 is 1.42 bits per heavy atom. The lowest BCUT2D eigenvalue weighted by molar-refractivity contribution is 0.171. The Labute approximate surface area is 118 Å². The molecule has 0 radical (unpaired) electrons. The molecule has 5 heteroatoms. The monoisotopic (exact) mass is 281 g/mol. The lowest BCUT2D eigenvalue weighted by atomic mass is 9.96. The number of aliphatic hydroxyl groups is 1. The van der Waals surface area contributed by atoms with Crippen molar-refractivity contribution in [3.05, 3.63) is 28.9 Å². The molecule has 0 aliphatic carbocycles. The molecular weight excluding hydrogens is 262 g/mol. The summed E-state index contributed by atoms with van der Waals surface area (Å²) in [7, 11) is 0. The fraction of sp³-hybridized carbons (Fsp3) is 0.500. The number of hydrogen-bond donors (Lipinski definition) is 3. The molecule has 0 aliphatic heterocycles. The van der Waals surface area contributed by atoms with Crippen molar-refractivity contribution >= 4 is 22.5 Å². The molecule has 4 nitrogen and oxygen atoms in total. The second-order valence-corrected chi connectivity index (χ2v) is 6.41. The number of aliphatic hydroxyl groups excluding tert-OH is 1. The molecule has 2 aromatic rings. The number of hydrogen-bond acceptors (Lipinski definition) is 3. The number of halogens is 1. The predicted molar refractivity (Wildman–Crippen MR) is 78.4 cm³/mol. The van der Waals surface area contributed by atoms with Crippen LogP contribution >= 0.6 is 11.6 Å². The topological polar surface area (TPSA) is 60.9 Å². The van der Waals surface area contributed by atoms with Crippen LogP contribution in [-0.2, 0) is 0 Å². The fourth-order valence-electron chi connectivity index (χ4n) is 2.01. The van der Waals surface area contributed by atoms with Crippen LogP contribution in [0.3, 0.4) is 0 Å². The smallest absolute Gasteiger partial charge is 0.0921 e. The first kappa shape index (κ1) is 14.3. The largest absolute Gasteiger partial charge is 0.387 e. The molecule has 0 aliphatic rings. The number of benzene rings is 1. The third kappa shape index (κ3) is 3.47. The van der Waals surface area contributed by atoms with Crippen LogP contribution in [0.2, 0.25) is 5.02 Å². The van der Waals surface area contributed by atoms with E-state index in [-0.39, 0.29) is 5.41 Å². The van der Waals surface area contributed by atoms with Crippen LogP contribution in [0.1, 0.15) is 32.4 Å². The Morgan fingerprint density at radius 2 is 2.16 bits per heavy atom. The minimum absolute atomic E-state index is 0.199. The van der Waals surface area contributed by atoms with Crippen LogP contribution in [0.15, 0.2) is 18.3 Å². The molecule has 0 amide bonds. The van der Waals surface area contributed by atoms with Gasteiger partial charge in [-0.05, 0) is 17.0 Å². The van der Waals surface area contributed by atoms with Crippen molar-refractivity contribution < 1.29 is 5.11 Å². The summed E-state index contributed by atoms with van der Waals surface area (Å²) in [5.41, 5.74) is 1.81. The van der Waals surface area contributed by atoms with Gasteiger partial charge in [0.2, 0.25) is 0 Å². The van der Waals surface area contributed by atoms with Crippen molar-refractivity contribution in [1.29, 1.82) is 0 Å². The van der Waals surface area contributed by atoms with Crippen LogP contribution in [0, 0.1) is 5.41 Å². The maximum Gasteiger partial charge on any atom is 0.0921 e. The van der Waals surface area contributed by atoms with Crippen LogP contribution in [0.4, 0.5) is 0 Å². The number of aromatic amines is 1. The summed E-state index contributed by atoms with van der Waals surface area (Å²) in [6.07, 6.45) is 1.13. The number of H-pyrrole nitrogens is 1. The quantitative estimate of drug-likeness (QED) is 0.807. The van der Waals surface area contributed by atoms with E-state index < -0.39 is 6.10 Å². The van der Waals surface area contributed by atoms with Gasteiger partial charge in [0.25, 0.3) is 0 Å². The molecule has 1 atom stereocenters. The minimum atomic E-state index is -0.570. The van der Waals surface area contributed by atoms with E-state index in [0.717, 1.165) is 23.0 Å². The first-order valence-electron chi connectivity index (χ1n) is 6.39. The van der Waals surface area contributed by atoms with Gasteiger partial charge in [0.05, 0.1) is 22.8 Å². The van der Waals surface area contributed by atoms with E-state index in [9.17, 15) is 5.11 Å². The van der Waals surface area contributed by atoms with Crippen LogP contribution in [0.5, 0.6) is 0 Å². The molecule has 104 valence electrons. The summed E-state index contributed by atoms with van der Waals surface area (Å²) in [5.74, 6) is 0. The maximum absolute atomic E-state index is 10.3. The summed E-state index contributed by atoms with van der Waals surface area (Å²) < 4.78 is 0. The zero-order valence-electron chi connectivity index (χ0n) is 11.5. The molecule has 1 aromatic heterocycles. The number of nitrogens with zero attached hydrogens (tertiary/aromatic N) is 1. The predicted octanol–water partition coefficient (Wildman–Crippen LogP) is 2.89. The van der Waals surface area contributed by atoms with Gasteiger partial charge < -0.3 is 10.4 Å². The third-order valence-corrected chi connectivity index (χ3v) is 3.27. The van der Waals surface area contributed by atoms with E-state index in [4.69, 9.17) is 11.6 Å². The Bertz CT molecular complexity index is 559.